The highest BCUT2D eigenvalue weighted by Crippen LogP contribution is 2.54. The van der Waals surface area contributed by atoms with E-state index in [1.807, 2.05) is 68.4 Å². The van der Waals surface area contributed by atoms with Crippen molar-refractivity contribution in [2.75, 3.05) is 29.6 Å². The first kappa shape index (κ1) is 23.6. The summed E-state index contributed by atoms with van der Waals surface area (Å²) in [7, 11) is 1.63. The third-order valence-corrected chi connectivity index (χ3v) is 8.32. The normalized spacial score (nSPS) is 18.8. The fourth-order valence-corrected chi connectivity index (χ4v) is 6.33. The van der Waals surface area contributed by atoms with Crippen LogP contribution in [0.1, 0.15) is 22.3 Å². The van der Waals surface area contributed by atoms with Crippen molar-refractivity contribution in [3.05, 3.63) is 87.9 Å². The maximum Gasteiger partial charge on any atom is 0.323 e. The summed E-state index contributed by atoms with van der Waals surface area (Å²) in [4.78, 5) is 30.0. The number of benzene rings is 3. The Labute approximate surface area is 214 Å². The number of ether oxygens (including phenoxy) is 1. The predicted molar refractivity (Wildman–Crippen MR) is 141 cm³/mol. The van der Waals surface area contributed by atoms with Gasteiger partial charge in [-0.15, -0.1) is 11.8 Å². The Hall–Kier alpha value is -3.16. The summed E-state index contributed by atoms with van der Waals surface area (Å²) in [6.45, 7) is 4.76. The van der Waals surface area contributed by atoms with Gasteiger partial charge in [-0.25, -0.2) is 4.79 Å². The van der Waals surface area contributed by atoms with Crippen LogP contribution in [-0.2, 0) is 16.2 Å². The third kappa shape index (κ3) is 4.02. The van der Waals surface area contributed by atoms with Crippen LogP contribution in [0.3, 0.4) is 0 Å². The summed E-state index contributed by atoms with van der Waals surface area (Å²) in [5, 5.41) is 3.53. The molecule has 6 nitrogen and oxygen atoms in total. The van der Waals surface area contributed by atoms with E-state index in [1.54, 1.807) is 23.0 Å². The molecule has 0 aliphatic carbocycles. The number of thioether (sulfide) groups is 1. The molecule has 0 aromatic heterocycles. The topological polar surface area (TPSA) is 61.9 Å². The predicted octanol–water partition coefficient (Wildman–Crippen LogP) is 5.95. The van der Waals surface area contributed by atoms with Crippen LogP contribution < -0.4 is 15.0 Å². The molecule has 2 aliphatic rings. The van der Waals surface area contributed by atoms with Crippen molar-refractivity contribution >= 4 is 46.7 Å². The second-order valence-corrected chi connectivity index (χ2v) is 10.5. The Morgan fingerprint density at radius 3 is 2.74 bits per heavy atom. The van der Waals surface area contributed by atoms with E-state index in [0.717, 1.165) is 33.7 Å². The lowest BCUT2D eigenvalue weighted by molar-refractivity contribution is -0.123. The number of nitrogens with zero attached hydrogens (tertiary/aromatic N) is 2. The molecule has 1 unspecified atom stereocenters. The number of fused-ring (bicyclic) bond motifs is 2. The van der Waals surface area contributed by atoms with Gasteiger partial charge in [0.15, 0.2) is 4.87 Å². The first-order valence-electron chi connectivity index (χ1n) is 11.4. The zero-order valence-corrected chi connectivity index (χ0v) is 21.4. The van der Waals surface area contributed by atoms with Gasteiger partial charge in [0.05, 0.1) is 19.3 Å². The van der Waals surface area contributed by atoms with Crippen molar-refractivity contribution in [3.8, 4) is 5.75 Å². The van der Waals surface area contributed by atoms with Gasteiger partial charge >= 0.3 is 6.03 Å². The Morgan fingerprint density at radius 1 is 1.14 bits per heavy atom. The zero-order valence-electron chi connectivity index (χ0n) is 19.8. The van der Waals surface area contributed by atoms with Crippen LogP contribution in [-0.4, -0.2) is 36.2 Å². The van der Waals surface area contributed by atoms with Crippen LogP contribution in [0.4, 0.5) is 16.2 Å². The fourth-order valence-electron chi connectivity index (χ4n) is 4.70. The quantitative estimate of drug-likeness (QED) is 0.474. The molecule has 35 heavy (non-hydrogen) atoms. The highest BCUT2D eigenvalue weighted by molar-refractivity contribution is 8.01. The molecule has 2 heterocycles. The number of nitrogens with one attached hydrogen (secondary N) is 1. The standard InChI is InChI=1S/C27H26ClN3O3S/c1-17-7-10-24-22(13-17)27(25(32)30(24)16-19-5-4-6-21(14-19)34-3)31(11-12-35-27)26(33)29-20-9-8-18(2)23(28)15-20/h4-10,13-15H,11-12,16H2,1-3H3,(H,29,33). The van der Waals surface area contributed by atoms with Crippen LogP contribution in [0.15, 0.2) is 60.7 Å². The number of anilines is 2. The summed E-state index contributed by atoms with van der Waals surface area (Å²) in [5.74, 6) is 1.29. The molecule has 3 amide bonds. The van der Waals surface area contributed by atoms with Gasteiger partial charge < -0.3 is 15.0 Å². The highest BCUT2D eigenvalue weighted by Gasteiger charge is 2.59. The number of carbonyl (C=O) groups is 2. The second-order valence-electron chi connectivity index (χ2n) is 8.80. The summed E-state index contributed by atoms with van der Waals surface area (Å²) in [5.41, 5.74) is 5.20. The minimum Gasteiger partial charge on any atom is -0.497 e. The molecule has 1 N–H and O–H groups in total. The number of methoxy groups -OCH3 is 1. The molecule has 1 fully saturated rings. The monoisotopic (exact) mass is 507 g/mol. The molecule has 3 aromatic rings. The molecule has 0 saturated carbocycles. The van der Waals surface area contributed by atoms with E-state index in [1.165, 1.54) is 11.8 Å². The van der Waals surface area contributed by atoms with Gasteiger partial charge in [0.2, 0.25) is 0 Å². The maximum atomic E-state index is 14.2. The molecule has 5 rings (SSSR count). The lowest BCUT2D eigenvalue weighted by Crippen LogP contribution is -2.51. The molecular formula is C27H26ClN3O3S. The number of halogens is 1. The molecule has 180 valence electrons. The molecule has 1 atom stereocenters. The van der Waals surface area contributed by atoms with Crippen molar-refractivity contribution in [1.29, 1.82) is 0 Å². The molecule has 3 aromatic carbocycles. The van der Waals surface area contributed by atoms with E-state index in [4.69, 9.17) is 16.3 Å². The van der Waals surface area contributed by atoms with Gasteiger partial charge in [-0.05, 0) is 55.3 Å². The van der Waals surface area contributed by atoms with Gasteiger partial charge in [-0.2, -0.15) is 0 Å². The van der Waals surface area contributed by atoms with Crippen LogP contribution in [0.5, 0.6) is 5.75 Å². The number of rotatable bonds is 4. The van der Waals surface area contributed by atoms with Gasteiger partial charge in [0.1, 0.15) is 5.75 Å². The van der Waals surface area contributed by atoms with Crippen molar-refractivity contribution in [2.24, 2.45) is 0 Å². The number of urea groups is 1. The average Bonchev–Trinajstić information content (AvgIpc) is 3.39. The van der Waals surface area contributed by atoms with Gasteiger partial charge in [0, 0.05) is 28.6 Å². The largest absolute Gasteiger partial charge is 0.497 e. The fraction of sp³-hybridized carbons (Fsp3) is 0.259. The number of amides is 3. The molecule has 1 saturated heterocycles. The van der Waals surface area contributed by atoms with Gasteiger partial charge in [-0.1, -0.05) is 47.5 Å². The first-order valence-corrected chi connectivity index (χ1v) is 12.7. The number of carbonyl (C=O) groups excluding carboxylic acids is 2. The Kier molecular flexibility index (Phi) is 6.15. The molecule has 0 radical (unpaired) electrons. The molecule has 8 heteroatoms. The summed E-state index contributed by atoms with van der Waals surface area (Å²) in [6, 6.07) is 18.8. The SMILES string of the molecule is COc1cccc(CN2C(=O)C3(SCCN3C(=O)Nc3ccc(C)c(Cl)c3)c3cc(C)ccc32)c1. The zero-order chi connectivity index (χ0) is 24.7. The molecular weight excluding hydrogens is 482 g/mol. The Bertz CT molecular complexity index is 1330. The van der Waals surface area contributed by atoms with E-state index in [9.17, 15) is 9.59 Å². The van der Waals surface area contributed by atoms with Crippen molar-refractivity contribution < 1.29 is 14.3 Å². The second kappa shape index (κ2) is 9.13. The maximum absolute atomic E-state index is 14.2. The molecule has 1 spiro atoms. The molecule has 0 bridgehead atoms. The summed E-state index contributed by atoms with van der Waals surface area (Å²) >= 11 is 7.77. The van der Waals surface area contributed by atoms with E-state index in [2.05, 4.69) is 5.32 Å². The van der Waals surface area contributed by atoms with Crippen LogP contribution in [0.2, 0.25) is 5.02 Å². The summed E-state index contributed by atoms with van der Waals surface area (Å²) in [6.07, 6.45) is 0. The van der Waals surface area contributed by atoms with E-state index in [0.29, 0.717) is 29.6 Å². The average molecular weight is 508 g/mol. The van der Waals surface area contributed by atoms with Crippen LogP contribution in [0, 0.1) is 13.8 Å². The minimum atomic E-state index is -1.11. The Balaban J connectivity index is 1.52. The smallest absolute Gasteiger partial charge is 0.323 e. The summed E-state index contributed by atoms with van der Waals surface area (Å²) < 4.78 is 5.37. The van der Waals surface area contributed by atoms with Crippen molar-refractivity contribution in [1.82, 2.24) is 4.90 Å². The van der Waals surface area contributed by atoms with Gasteiger partial charge in [0.25, 0.3) is 5.91 Å². The van der Waals surface area contributed by atoms with Crippen LogP contribution in [0.25, 0.3) is 0 Å². The van der Waals surface area contributed by atoms with Gasteiger partial charge in [-0.3, -0.25) is 9.69 Å². The third-order valence-electron chi connectivity index (χ3n) is 6.49. The lowest BCUT2D eigenvalue weighted by atomic mass is 10.0. The number of hydrogen-bond acceptors (Lipinski definition) is 4. The number of aryl methyl sites for hydroxylation is 2. The van der Waals surface area contributed by atoms with Crippen LogP contribution >= 0.6 is 23.4 Å². The van der Waals surface area contributed by atoms with Crippen molar-refractivity contribution in [2.45, 2.75) is 25.3 Å². The van der Waals surface area contributed by atoms with Crippen molar-refractivity contribution in [3.63, 3.8) is 0 Å². The number of hydrogen-bond donors (Lipinski definition) is 1. The van der Waals surface area contributed by atoms with E-state index >= 15 is 0 Å². The van der Waals surface area contributed by atoms with E-state index < -0.39 is 4.87 Å². The minimum absolute atomic E-state index is 0.111. The Morgan fingerprint density at radius 2 is 1.97 bits per heavy atom. The molecule has 2 aliphatic heterocycles. The highest BCUT2D eigenvalue weighted by atomic mass is 35.5. The first-order chi connectivity index (χ1) is 16.8. The van der Waals surface area contributed by atoms with E-state index in [-0.39, 0.29) is 11.9 Å². The lowest BCUT2D eigenvalue weighted by Gasteiger charge is -2.33.